The van der Waals surface area contributed by atoms with Crippen LogP contribution in [0.15, 0.2) is 15.9 Å². The van der Waals surface area contributed by atoms with E-state index < -0.39 is 0 Å². The molecule has 1 rings (SSSR count). The molecule has 0 fully saturated rings. The topological polar surface area (TPSA) is 20.3 Å². The Morgan fingerprint density at radius 1 is 1.85 bits per heavy atom. The van der Waals surface area contributed by atoms with Crippen LogP contribution in [0.3, 0.4) is 0 Å². The third-order valence-electron chi connectivity index (χ3n) is 1.49. The normalized spacial score (nSPS) is 9.31. The second kappa shape index (κ2) is 4.45. The van der Waals surface area contributed by atoms with Gasteiger partial charge in [-0.15, -0.1) is 17.8 Å². The minimum absolute atomic E-state index is 0.0418. The third-order valence-corrected chi connectivity index (χ3v) is 3.31. The van der Waals surface area contributed by atoms with Crippen LogP contribution in [0.2, 0.25) is 0 Å². The first-order chi connectivity index (χ1) is 6.16. The fourth-order valence-electron chi connectivity index (χ4n) is 0.828. The molecule has 0 N–H and O–H groups in total. The van der Waals surface area contributed by atoms with E-state index in [4.69, 9.17) is 6.42 Å². The molecule has 0 spiro atoms. The minimum atomic E-state index is -0.0418. The van der Waals surface area contributed by atoms with Crippen molar-refractivity contribution < 1.29 is 4.79 Å². The van der Waals surface area contributed by atoms with Crippen LogP contribution in [0.4, 0.5) is 0 Å². The highest BCUT2D eigenvalue weighted by molar-refractivity contribution is 9.10. The molecule has 0 saturated carbocycles. The molecule has 0 aromatic carbocycles. The first-order valence-corrected chi connectivity index (χ1v) is 5.26. The number of nitrogens with zero attached hydrogens (tertiary/aromatic N) is 1. The van der Waals surface area contributed by atoms with E-state index in [-0.39, 0.29) is 5.91 Å². The summed E-state index contributed by atoms with van der Waals surface area (Å²) < 4.78 is 0.825. The van der Waals surface area contributed by atoms with E-state index in [0.29, 0.717) is 11.4 Å². The molecule has 1 heterocycles. The number of hydrogen-bond acceptors (Lipinski definition) is 2. The standard InChI is InChI=1S/C9H8BrNOS/c1-3-5-11(2)9(12)8-7(10)4-6-13-8/h1,4,6H,5H2,2H3. The lowest BCUT2D eigenvalue weighted by Crippen LogP contribution is -2.26. The smallest absolute Gasteiger partial charge is 0.265 e. The van der Waals surface area contributed by atoms with Gasteiger partial charge in [-0.05, 0) is 27.4 Å². The monoisotopic (exact) mass is 257 g/mol. The Kier molecular flexibility index (Phi) is 3.52. The molecule has 0 unspecified atom stereocenters. The first kappa shape index (κ1) is 10.3. The fourth-order valence-corrected chi connectivity index (χ4v) is 2.36. The van der Waals surface area contributed by atoms with E-state index in [9.17, 15) is 4.79 Å². The van der Waals surface area contributed by atoms with E-state index in [1.54, 1.807) is 7.05 Å². The van der Waals surface area contributed by atoms with E-state index >= 15 is 0 Å². The maximum atomic E-state index is 11.6. The van der Waals surface area contributed by atoms with Gasteiger partial charge in [-0.1, -0.05) is 5.92 Å². The molecule has 0 radical (unpaired) electrons. The zero-order chi connectivity index (χ0) is 9.84. The average molecular weight is 258 g/mol. The number of carbonyl (C=O) groups is 1. The van der Waals surface area contributed by atoms with Crippen molar-refractivity contribution in [3.8, 4) is 12.3 Å². The molecule has 1 aromatic rings. The van der Waals surface area contributed by atoms with E-state index in [1.165, 1.54) is 16.2 Å². The van der Waals surface area contributed by atoms with Crippen molar-refractivity contribution in [3.05, 3.63) is 20.8 Å². The maximum Gasteiger partial charge on any atom is 0.265 e. The Hall–Kier alpha value is -0.790. The summed E-state index contributed by atoms with van der Waals surface area (Å²) in [6.45, 7) is 0.336. The molecular weight excluding hydrogens is 250 g/mol. The van der Waals surface area contributed by atoms with Gasteiger partial charge in [0.1, 0.15) is 4.88 Å². The summed E-state index contributed by atoms with van der Waals surface area (Å²) in [5.74, 6) is 2.38. The number of carbonyl (C=O) groups excluding carboxylic acids is 1. The summed E-state index contributed by atoms with van der Waals surface area (Å²) in [5, 5.41) is 1.86. The maximum absolute atomic E-state index is 11.6. The average Bonchev–Trinajstić information content (AvgIpc) is 2.50. The van der Waals surface area contributed by atoms with Gasteiger partial charge in [0.15, 0.2) is 0 Å². The predicted molar refractivity (Wildman–Crippen MR) is 57.8 cm³/mol. The summed E-state index contributed by atoms with van der Waals surface area (Å²) in [5.41, 5.74) is 0. The van der Waals surface area contributed by atoms with Crippen LogP contribution < -0.4 is 0 Å². The molecule has 1 aromatic heterocycles. The molecule has 13 heavy (non-hydrogen) atoms. The van der Waals surface area contributed by atoms with Crippen molar-refractivity contribution in [3.63, 3.8) is 0 Å². The van der Waals surface area contributed by atoms with Crippen molar-refractivity contribution in [1.29, 1.82) is 0 Å². The van der Waals surface area contributed by atoms with E-state index in [1.807, 2.05) is 11.4 Å². The summed E-state index contributed by atoms with van der Waals surface area (Å²) in [4.78, 5) is 13.8. The minimum Gasteiger partial charge on any atom is -0.330 e. The van der Waals surface area contributed by atoms with Gasteiger partial charge in [0, 0.05) is 11.5 Å². The molecule has 1 amide bonds. The van der Waals surface area contributed by atoms with Crippen molar-refractivity contribution in [2.45, 2.75) is 0 Å². The van der Waals surface area contributed by atoms with Gasteiger partial charge in [-0.2, -0.15) is 0 Å². The van der Waals surface area contributed by atoms with Crippen LogP contribution in [0.5, 0.6) is 0 Å². The number of hydrogen-bond donors (Lipinski definition) is 0. The molecule has 68 valence electrons. The molecule has 0 aliphatic carbocycles. The second-order valence-electron chi connectivity index (χ2n) is 2.46. The van der Waals surface area contributed by atoms with E-state index in [2.05, 4.69) is 21.9 Å². The van der Waals surface area contributed by atoms with Gasteiger partial charge >= 0.3 is 0 Å². The molecular formula is C9H8BrNOS. The Morgan fingerprint density at radius 3 is 3.00 bits per heavy atom. The SMILES string of the molecule is C#CCN(C)C(=O)c1sccc1Br. The molecule has 0 bridgehead atoms. The van der Waals surface area contributed by atoms with Gasteiger partial charge in [0.25, 0.3) is 5.91 Å². The molecule has 0 aliphatic heterocycles. The lowest BCUT2D eigenvalue weighted by Gasteiger charge is -2.12. The van der Waals surface area contributed by atoms with Crippen molar-refractivity contribution >= 4 is 33.2 Å². The summed E-state index contributed by atoms with van der Waals surface area (Å²) in [7, 11) is 1.69. The quantitative estimate of drug-likeness (QED) is 0.745. The van der Waals surface area contributed by atoms with E-state index in [0.717, 1.165) is 4.47 Å². The van der Waals surface area contributed by atoms with Gasteiger partial charge in [-0.3, -0.25) is 4.79 Å². The van der Waals surface area contributed by atoms with Crippen LogP contribution in [0, 0.1) is 12.3 Å². The largest absolute Gasteiger partial charge is 0.330 e. The number of terminal acetylenes is 1. The zero-order valence-corrected chi connectivity index (χ0v) is 9.48. The molecule has 2 nitrogen and oxygen atoms in total. The molecule has 4 heteroatoms. The highest BCUT2D eigenvalue weighted by atomic mass is 79.9. The van der Waals surface area contributed by atoms with Crippen molar-refractivity contribution in [2.24, 2.45) is 0 Å². The third kappa shape index (κ3) is 2.33. The number of halogens is 1. The summed E-state index contributed by atoms with van der Waals surface area (Å²) in [6, 6.07) is 1.85. The number of thiophene rings is 1. The van der Waals surface area contributed by atoms with Gasteiger partial charge in [0.05, 0.1) is 6.54 Å². The van der Waals surface area contributed by atoms with Gasteiger partial charge in [-0.25, -0.2) is 0 Å². The van der Waals surface area contributed by atoms with Crippen LogP contribution >= 0.6 is 27.3 Å². The number of rotatable bonds is 2. The second-order valence-corrected chi connectivity index (χ2v) is 4.23. The number of amides is 1. The van der Waals surface area contributed by atoms with Crippen molar-refractivity contribution in [2.75, 3.05) is 13.6 Å². The van der Waals surface area contributed by atoms with Crippen LogP contribution in [-0.4, -0.2) is 24.4 Å². The Labute approximate surface area is 89.7 Å². The Bertz CT molecular complexity index is 353. The Balaban J connectivity index is 2.81. The molecule has 0 saturated heterocycles. The summed E-state index contributed by atoms with van der Waals surface area (Å²) >= 11 is 4.70. The molecule has 0 aliphatic rings. The molecule has 0 atom stereocenters. The highest BCUT2D eigenvalue weighted by Gasteiger charge is 2.14. The highest BCUT2D eigenvalue weighted by Crippen LogP contribution is 2.23. The van der Waals surface area contributed by atoms with Gasteiger partial charge < -0.3 is 4.90 Å². The lowest BCUT2D eigenvalue weighted by atomic mass is 10.4. The first-order valence-electron chi connectivity index (χ1n) is 3.58. The van der Waals surface area contributed by atoms with Crippen LogP contribution in [0.25, 0.3) is 0 Å². The lowest BCUT2D eigenvalue weighted by molar-refractivity contribution is 0.0816. The predicted octanol–water partition coefficient (Wildman–Crippen LogP) is 2.22. The zero-order valence-electron chi connectivity index (χ0n) is 7.08. The van der Waals surface area contributed by atoms with Crippen LogP contribution in [0.1, 0.15) is 9.67 Å². The summed E-state index contributed by atoms with van der Waals surface area (Å²) in [6.07, 6.45) is 5.11. The van der Waals surface area contributed by atoms with Crippen LogP contribution in [-0.2, 0) is 0 Å². The Morgan fingerprint density at radius 2 is 2.54 bits per heavy atom. The fraction of sp³-hybridized carbons (Fsp3) is 0.222. The van der Waals surface area contributed by atoms with Gasteiger partial charge in [0.2, 0.25) is 0 Å². The van der Waals surface area contributed by atoms with Crippen molar-refractivity contribution in [1.82, 2.24) is 4.90 Å².